The van der Waals surface area contributed by atoms with Gasteiger partial charge in [-0.3, -0.25) is 9.78 Å². The number of hydrogen-bond acceptors (Lipinski definition) is 2. The number of nitrogens with zero attached hydrogens (tertiary/aromatic N) is 2. The summed E-state index contributed by atoms with van der Waals surface area (Å²) in [5, 5.41) is 0. The summed E-state index contributed by atoms with van der Waals surface area (Å²) in [4.78, 5) is 18.3. The van der Waals surface area contributed by atoms with Gasteiger partial charge in [0.1, 0.15) is 0 Å². The van der Waals surface area contributed by atoms with E-state index in [1.165, 1.54) is 12.0 Å². The third-order valence-electron chi connectivity index (χ3n) is 3.66. The fourth-order valence-electron chi connectivity index (χ4n) is 2.67. The van der Waals surface area contributed by atoms with E-state index in [2.05, 4.69) is 16.8 Å². The molecule has 3 heteroatoms. The molecule has 0 aromatic carbocycles. The highest BCUT2D eigenvalue weighted by Gasteiger charge is 2.29. The maximum Gasteiger partial charge on any atom is 0.223 e. The molecule has 0 aliphatic carbocycles. The molecule has 1 aromatic rings. The lowest BCUT2D eigenvalue weighted by atomic mass is 10.1. The van der Waals surface area contributed by atoms with Gasteiger partial charge < -0.3 is 4.90 Å². The first-order valence-electron chi connectivity index (χ1n) is 7.02. The molecule has 1 aliphatic rings. The summed E-state index contributed by atoms with van der Waals surface area (Å²) < 4.78 is 0. The van der Waals surface area contributed by atoms with Crippen molar-refractivity contribution in [3.63, 3.8) is 0 Å². The lowest BCUT2D eigenvalue weighted by molar-refractivity contribution is -0.132. The van der Waals surface area contributed by atoms with Crippen LogP contribution in [0.1, 0.15) is 57.1 Å². The van der Waals surface area contributed by atoms with Crippen LogP contribution in [0.5, 0.6) is 0 Å². The number of aromatic nitrogens is 1. The van der Waals surface area contributed by atoms with Crippen LogP contribution in [0.25, 0.3) is 0 Å². The zero-order valence-corrected chi connectivity index (χ0v) is 11.1. The molecule has 2 heterocycles. The van der Waals surface area contributed by atoms with Crippen LogP contribution in [0, 0.1) is 0 Å². The Hall–Kier alpha value is -1.38. The summed E-state index contributed by atoms with van der Waals surface area (Å²) in [6.07, 6.45) is 9.88. The number of likely N-dealkylation sites (tertiary alicyclic amines) is 1. The van der Waals surface area contributed by atoms with Crippen molar-refractivity contribution in [3.05, 3.63) is 30.1 Å². The molecule has 0 N–H and O–H groups in total. The molecule has 1 atom stereocenters. The molecule has 1 aliphatic heterocycles. The van der Waals surface area contributed by atoms with Crippen molar-refractivity contribution in [2.45, 2.75) is 51.5 Å². The first-order valence-corrected chi connectivity index (χ1v) is 7.02. The number of hydrogen-bond donors (Lipinski definition) is 0. The lowest BCUT2D eigenvalue weighted by Gasteiger charge is -2.25. The van der Waals surface area contributed by atoms with Gasteiger partial charge in [-0.2, -0.15) is 0 Å². The molecule has 1 unspecified atom stereocenters. The second-order valence-corrected chi connectivity index (χ2v) is 4.98. The lowest BCUT2D eigenvalue weighted by Crippen LogP contribution is -2.30. The smallest absolute Gasteiger partial charge is 0.223 e. The Balaban J connectivity index is 1.97. The van der Waals surface area contributed by atoms with E-state index in [1.807, 2.05) is 24.5 Å². The molecule has 1 aromatic heterocycles. The number of pyridine rings is 1. The van der Waals surface area contributed by atoms with Crippen molar-refractivity contribution in [1.29, 1.82) is 0 Å². The average molecular weight is 246 g/mol. The number of amides is 1. The average Bonchev–Trinajstić information content (AvgIpc) is 2.89. The van der Waals surface area contributed by atoms with Gasteiger partial charge in [0.05, 0.1) is 6.04 Å². The summed E-state index contributed by atoms with van der Waals surface area (Å²) in [6, 6.07) is 4.34. The predicted molar refractivity (Wildman–Crippen MR) is 72.1 cm³/mol. The molecule has 0 spiro atoms. The third-order valence-corrected chi connectivity index (χ3v) is 3.66. The minimum Gasteiger partial charge on any atom is -0.336 e. The molecular weight excluding hydrogens is 224 g/mol. The van der Waals surface area contributed by atoms with Crippen LogP contribution >= 0.6 is 0 Å². The highest BCUT2D eigenvalue weighted by atomic mass is 16.2. The van der Waals surface area contributed by atoms with E-state index in [-0.39, 0.29) is 6.04 Å². The Bertz CT molecular complexity index is 377. The van der Waals surface area contributed by atoms with Gasteiger partial charge in [0, 0.05) is 25.4 Å². The molecule has 3 nitrogen and oxygen atoms in total. The zero-order chi connectivity index (χ0) is 12.8. The summed E-state index contributed by atoms with van der Waals surface area (Å²) in [7, 11) is 0. The van der Waals surface area contributed by atoms with Crippen LogP contribution in [0.4, 0.5) is 0 Å². The van der Waals surface area contributed by atoms with E-state index in [0.29, 0.717) is 12.3 Å². The quantitative estimate of drug-likeness (QED) is 0.747. The zero-order valence-electron chi connectivity index (χ0n) is 11.1. The monoisotopic (exact) mass is 246 g/mol. The molecule has 0 saturated carbocycles. The normalized spacial score (nSPS) is 19.2. The van der Waals surface area contributed by atoms with Crippen LogP contribution in [-0.4, -0.2) is 22.3 Å². The topological polar surface area (TPSA) is 33.2 Å². The molecule has 1 amide bonds. The summed E-state index contributed by atoms with van der Waals surface area (Å²) in [5.41, 5.74) is 1.23. The van der Waals surface area contributed by atoms with E-state index >= 15 is 0 Å². The SMILES string of the molecule is CCCCCC(=O)N1CCCC1c1ccncc1. The van der Waals surface area contributed by atoms with Crippen LogP contribution < -0.4 is 0 Å². The summed E-state index contributed by atoms with van der Waals surface area (Å²) in [5.74, 6) is 0.322. The standard InChI is InChI=1S/C15H22N2O/c1-2-3-4-7-15(18)17-12-5-6-14(17)13-8-10-16-11-9-13/h8-11,14H,2-7,12H2,1H3. The molecule has 2 rings (SSSR count). The maximum absolute atomic E-state index is 12.2. The minimum absolute atomic E-state index is 0.280. The van der Waals surface area contributed by atoms with Crippen molar-refractivity contribution in [3.8, 4) is 0 Å². The maximum atomic E-state index is 12.2. The van der Waals surface area contributed by atoms with Gasteiger partial charge in [-0.25, -0.2) is 0 Å². The van der Waals surface area contributed by atoms with Crippen molar-refractivity contribution in [2.24, 2.45) is 0 Å². The number of carbonyl (C=O) groups excluding carboxylic acids is 1. The third kappa shape index (κ3) is 3.09. The van der Waals surface area contributed by atoms with Crippen molar-refractivity contribution in [2.75, 3.05) is 6.54 Å². The Morgan fingerprint density at radius 1 is 1.39 bits per heavy atom. The van der Waals surface area contributed by atoms with E-state index in [4.69, 9.17) is 0 Å². The van der Waals surface area contributed by atoms with Gasteiger partial charge >= 0.3 is 0 Å². The summed E-state index contributed by atoms with van der Waals surface area (Å²) in [6.45, 7) is 3.08. The molecule has 1 saturated heterocycles. The Kier molecular flexibility index (Phi) is 4.73. The van der Waals surface area contributed by atoms with Gasteiger partial charge in [0.2, 0.25) is 5.91 Å². The van der Waals surface area contributed by atoms with E-state index < -0.39 is 0 Å². The van der Waals surface area contributed by atoms with Gasteiger partial charge in [-0.1, -0.05) is 19.8 Å². The van der Waals surface area contributed by atoms with Crippen molar-refractivity contribution in [1.82, 2.24) is 9.88 Å². The van der Waals surface area contributed by atoms with E-state index in [0.717, 1.165) is 32.2 Å². The van der Waals surface area contributed by atoms with Gasteiger partial charge in [-0.05, 0) is 37.0 Å². The fraction of sp³-hybridized carbons (Fsp3) is 0.600. The van der Waals surface area contributed by atoms with Crippen LogP contribution in [0.2, 0.25) is 0 Å². The van der Waals surface area contributed by atoms with Crippen LogP contribution in [-0.2, 0) is 4.79 Å². The van der Waals surface area contributed by atoms with Crippen LogP contribution in [0.15, 0.2) is 24.5 Å². The minimum atomic E-state index is 0.280. The van der Waals surface area contributed by atoms with Crippen molar-refractivity contribution < 1.29 is 4.79 Å². The number of rotatable bonds is 5. The van der Waals surface area contributed by atoms with Crippen molar-refractivity contribution >= 4 is 5.91 Å². The summed E-state index contributed by atoms with van der Waals surface area (Å²) >= 11 is 0. The molecular formula is C15H22N2O. The van der Waals surface area contributed by atoms with Gasteiger partial charge in [-0.15, -0.1) is 0 Å². The highest BCUT2D eigenvalue weighted by molar-refractivity contribution is 5.77. The molecule has 0 radical (unpaired) electrons. The van der Waals surface area contributed by atoms with E-state index in [1.54, 1.807) is 0 Å². The fourth-order valence-corrected chi connectivity index (χ4v) is 2.67. The highest BCUT2D eigenvalue weighted by Crippen LogP contribution is 2.32. The number of carbonyl (C=O) groups is 1. The Morgan fingerprint density at radius 3 is 2.89 bits per heavy atom. The first kappa shape index (κ1) is 13.1. The molecule has 1 fully saturated rings. The van der Waals surface area contributed by atoms with Gasteiger partial charge in [0.15, 0.2) is 0 Å². The Morgan fingerprint density at radius 2 is 2.17 bits per heavy atom. The van der Waals surface area contributed by atoms with E-state index in [9.17, 15) is 4.79 Å². The predicted octanol–water partition coefficient (Wildman–Crippen LogP) is 3.33. The number of unbranched alkanes of at least 4 members (excludes halogenated alkanes) is 2. The second kappa shape index (κ2) is 6.53. The molecule has 0 bridgehead atoms. The molecule has 18 heavy (non-hydrogen) atoms. The molecule has 98 valence electrons. The first-order chi connectivity index (χ1) is 8.83. The largest absolute Gasteiger partial charge is 0.336 e. The van der Waals surface area contributed by atoms with Gasteiger partial charge in [0.25, 0.3) is 0 Å². The second-order valence-electron chi connectivity index (χ2n) is 4.98. The van der Waals surface area contributed by atoms with Crippen LogP contribution in [0.3, 0.4) is 0 Å². The Labute approximate surface area is 109 Å².